The molecule has 2 aliphatic heterocycles. The second-order valence-corrected chi connectivity index (χ2v) is 11.0. The molecule has 0 aromatic rings. The van der Waals surface area contributed by atoms with E-state index in [-0.39, 0.29) is 92.2 Å². The molecule has 0 spiro atoms. The Labute approximate surface area is 285 Å². The molecule has 4 fully saturated rings. The third-order valence-corrected chi connectivity index (χ3v) is 8.30. The van der Waals surface area contributed by atoms with E-state index in [0.29, 0.717) is 23.7 Å². The average molecular weight is 745 g/mol. The minimum Gasteiger partial charge on any atom is -0.662 e. The number of allylic oxidation sites excluding steroid dienone is 4. The zero-order valence-corrected chi connectivity index (χ0v) is 33.9. The predicted octanol–water partition coefficient (Wildman–Crippen LogP) is 1.58. The van der Waals surface area contributed by atoms with Crippen LogP contribution in [0.1, 0.15) is 77.0 Å². The summed E-state index contributed by atoms with van der Waals surface area (Å²) in [6, 6.07) is 0. The molecule has 2 heterocycles. The third-order valence-electron chi connectivity index (χ3n) is 8.30. The summed E-state index contributed by atoms with van der Waals surface area (Å²) in [4.78, 5) is 0. The van der Waals surface area contributed by atoms with Gasteiger partial charge in [0.15, 0.2) is 12.6 Å². The van der Waals surface area contributed by atoms with E-state index in [4.69, 9.17) is 0 Å². The van der Waals surface area contributed by atoms with Gasteiger partial charge in [0.05, 0.1) is 0 Å². The summed E-state index contributed by atoms with van der Waals surface area (Å²) in [6.45, 7) is 4.05. The summed E-state index contributed by atoms with van der Waals surface area (Å²) < 4.78 is 0. The van der Waals surface area contributed by atoms with Crippen LogP contribution in [-0.4, -0.2) is 81.1 Å². The van der Waals surface area contributed by atoms with Crippen molar-refractivity contribution in [2.75, 3.05) is 26.2 Å². The molecule has 2 saturated heterocycles. The zero-order valence-electron chi connectivity index (χ0n) is 25.0. The first-order valence-electron chi connectivity index (χ1n) is 13.9. The zero-order chi connectivity index (χ0) is 24.2. The Balaban J connectivity index is -0.000000180. The van der Waals surface area contributed by atoms with E-state index in [0.717, 1.165) is 64.7 Å². The minimum absolute atomic E-state index is 0. The van der Waals surface area contributed by atoms with Gasteiger partial charge in [-0.05, 0) is 62.2 Å². The number of nitrogens with zero attached hydrogens (tertiary/aromatic N) is 2. The molecule has 41 heavy (non-hydrogen) atoms. The molecular weight excluding hydrogens is 688 g/mol. The van der Waals surface area contributed by atoms with Crippen molar-refractivity contribution in [1.29, 1.82) is 0 Å². The number of aliphatic hydroxyl groups is 4. The van der Waals surface area contributed by atoms with Crippen molar-refractivity contribution >= 4 is 0 Å². The van der Waals surface area contributed by atoms with Gasteiger partial charge in [-0.2, -0.15) is 0 Å². The maximum absolute atomic E-state index is 9.23. The molecule has 10 nitrogen and oxygen atoms in total. The number of piperidine rings is 2. The maximum Gasteiger partial charge on any atom is 2.00 e. The molecule has 4 aliphatic rings. The number of hydrogen-bond acceptors (Lipinski definition) is 4. The molecule has 12 N–H and O–H groups in total. The van der Waals surface area contributed by atoms with Crippen LogP contribution in [-0.2, 0) is 58.4 Å². The molecule has 0 bridgehead atoms. The van der Waals surface area contributed by atoms with Crippen LogP contribution < -0.4 is 0 Å². The Morgan fingerprint density at radius 2 is 0.756 bits per heavy atom. The number of aliphatic hydroxyl groups excluding tert-OH is 2. The van der Waals surface area contributed by atoms with Crippen molar-refractivity contribution in [2.24, 2.45) is 35.5 Å². The molecule has 0 amide bonds. The van der Waals surface area contributed by atoms with Crippen LogP contribution in [0.2, 0.25) is 0 Å². The first kappa shape index (κ1) is 51.5. The van der Waals surface area contributed by atoms with Crippen molar-refractivity contribution in [1.82, 2.24) is 0 Å². The Bertz CT molecular complexity index is 571. The smallest absolute Gasteiger partial charge is 0.662 e. The van der Waals surface area contributed by atoms with Gasteiger partial charge in [0.25, 0.3) is 0 Å². The first-order valence-corrected chi connectivity index (χ1v) is 13.9. The average Bonchev–Trinajstić information content (AvgIpc) is 2.88. The van der Waals surface area contributed by atoms with Crippen molar-refractivity contribution in [3.8, 4) is 0 Å². The SMILES string of the molecule is O.O.O.O.OC(O)C1CCCC(C=CC2CC[N-]CC2)C1.OC(O)C1CCCC(C=CC2CC[N-]CC2)C1.[Zn+2].[Zn].[Zn]. The first-order chi connectivity index (χ1) is 16.5. The molecule has 0 aromatic heterocycles. The van der Waals surface area contributed by atoms with Crippen LogP contribution in [0.5, 0.6) is 0 Å². The van der Waals surface area contributed by atoms with Crippen molar-refractivity contribution < 1.29 is 101 Å². The molecule has 4 rings (SSSR count). The maximum atomic E-state index is 9.23. The van der Waals surface area contributed by atoms with E-state index in [9.17, 15) is 20.4 Å². The summed E-state index contributed by atoms with van der Waals surface area (Å²) in [7, 11) is 0. The summed E-state index contributed by atoms with van der Waals surface area (Å²) in [5.41, 5.74) is 0. The van der Waals surface area contributed by atoms with Crippen molar-refractivity contribution in [3.63, 3.8) is 0 Å². The van der Waals surface area contributed by atoms with Crippen LogP contribution in [0.4, 0.5) is 0 Å². The molecule has 13 heteroatoms. The summed E-state index contributed by atoms with van der Waals surface area (Å²) in [5.74, 6) is 2.67. The molecule has 232 valence electrons. The van der Waals surface area contributed by atoms with Gasteiger partial charge in [0.1, 0.15) is 0 Å². The third kappa shape index (κ3) is 20.6. The van der Waals surface area contributed by atoms with Gasteiger partial charge in [-0.15, -0.1) is 26.2 Å². The normalized spacial score (nSPS) is 26.9. The quantitative estimate of drug-likeness (QED) is 0.180. The summed E-state index contributed by atoms with van der Waals surface area (Å²) >= 11 is 0. The van der Waals surface area contributed by atoms with Gasteiger partial charge in [-0.25, -0.2) is 0 Å². The Morgan fingerprint density at radius 3 is 1.05 bits per heavy atom. The van der Waals surface area contributed by atoms with E-state index in [1.54, 1.807) is 0 Å². The van der Waals surface area contributed by atoms with Crippen molar-refractivity contribution in [3.05, 3.63) is 34.9 Å². The largest absolute Gasteiger partial charge is 2.00 e. The van der Waals surface area contributed by atoms with E-state index < -0.39 is 12.6 Å². The van der Waals surface area contributed by atoms with Crippen LogP contribution in [0, 0.1) is 35.5 Å². The molecular formula is C28H56N2O8Zn3. The topological polar surface area (TPSA) is 235 Å². The van der Waals surface area contributed by atoms with E-state index in [1.165, 1.54) is 38.5 Å². The van der Waals surface area contributed by atoms with Gasteiger partial charge in [0.2, 0.25) is 0 Å². The number of hydrogen-bond donors (Lipinski definition) is 4. The Kier molecular flexibility index (Phi) is 37.3. The van der Waals surface area contributed by atoms with E-state index >= 15 is 0 Å². The van der Waals surface area contributed by atoms with Gasteiger partial charge in [-0.1, -0.05) is 62.8 Å². The second kappa shape index (κ2) is 29.6. The fourth-order valence-corrected chi connectivity index (χ4v) is 5.98. The van der Waals surface area contributed by atoms with Crippen LogP contribution in [0.3, 0.4) is 0 Å². The van der Waals surface area contributed by atoms with Crippen LogP contribution in [0.15, 0.2) is 24.3 Å². The molecule has 0 radical (unpaired) electrons. The van der Waals surface area contributed by atoms with Crippen LogP contribution in [0.25, 0.3) is 10.6 Å². The fourth-order valence-electron chi connectivity index (χ4n) is 5.98. The molecule has 4 atom stereocenters. The predicted molar refractivity (Wildman–Crippen MR) is 152 cm³/mol. The van der Waals surface area contributed by atoms with Gasteiger partial charge in [-0.3, -0.25) is 0 Å². The van der Waals surface area contributed by atoms with E-state index in [2.05, 4.69) is 34.9 Å². The molecule has 0 aromatic carbocycles. The van der Waals surface area contributed by atoms with E-state index in [1.807, 2.05) is 0 Å². The van der Waals surface area contributed by atoms with Gasteiger partial charge >= 0.3 is 19.5 Å². The fraction of sp³-hybridized carbons (Fsp3) is 0.857. The Hall–Kier alpha value is 0.950. The monoisotopic (exact) mass is 740 g/mol. The summed E-state index contributed by atoms with van der Waals surface area (Å²) in [5, 5.41) is 45.6. The van der Waals surface area contributed by atoms with Crippen LogP contribution >= 0.6 is 0 Å². The van der Waals surface area contributed by atoms with Gasteiger partial charge in [0, 0.05) is 50.8 Å². The van der Waals surface area contributed by atoms with Gasteiger partial charge < -0.3 is 53.0 Å². The second-order valence-electron chi connectivity index (χ2n) is 11.0. The minimum atomic E-state index is -1.13. The molecule has 2 aliphatic carbocycles. The Morgan fingerprint density at radius 1 is 0.463 bits per heavy atom. The summed E-state index contributed by atoms with van der Waals surface area (Å²) in [6.07, 6.45) is 20.3. The molecule has 2 saturated carbocycles. The number of rotatable bonds is 6. The molecule has 4 unspecified atom stereocenters. The standard InChI is InChI=1S/2C14H24NO2.4H2O.3Zn/c2*16-14(17)13-3-1-2-12(10-13)5-4-11-6-8-15-9-7-11;;;;;;;/h2*4-5,11-14,16-17H,1-3,6-10H2;4*1H2;;;/q2*-1;;;;;;;+2. The van der Waals surface area contributed by atoms with Crippen molar-refractivity contribution in [2.45, 2.75) is 89.6 Å².